The summed E-state index contributed by atoms with van der Waals surface area (Å²) >= 11 is 0. The Morgan fingerprint density at radius 3 is 2.67 bits per heavy atom. The van der Waals surface area contributed by atoms with Gasteiger partial charge in [-0.1, -0.05) is 30.3 Å². The highest BCUT2D eigenvalue weighted by Crippen LogP contribution is 2.32. The van der Waals surface area contributed by atoms with Crippen molar-refractivity contribution in [2.24, 2.45) is 0 Å². The van der Waals surface area contributed by atoms with E-state index in [9.17, 15) is 10.1 Å². The van der Waals surface area contributed by atoms with Crippen LogP contribution in [0.4, 0.5) is 0 Å². The van der Waals surface area contributed by atoms with Crippen molar-refractivity contribution in [3.8, 4) is 17.6 Å². The second-order valence-corrected chi connectivity index (χ2v) is 4.51. The molecule has 2 aromatic rings. The van der Waals surface area contributed by atoms with Gasteiger partial charge >= 0.3 is 0 Å². The van der Waals surface area contributed by atoms with Crippen molar-refractivity contribution in [1.29, 1.82) is 5.26 Å². The van der Waals surface area contributed by atoms with Gasteiger partial charge < -0.3 is 14.8 Å². The highest BCUT2D eigenvalue weighted by atomic mass is 16.7. The van der Waals surface area contributed by atoms with E-state index < -0.39 is 6.04 Å². The lowest BCUT2D eigenvalue weighted by Crippen LogP contribution is -2.27. The molecule has 104 valence electrons. The van der Waals surface area contributed by atoms with Crippen LogP contribution in [0, 0.1) is 11.3 Å². The first-order chi connectivity index (χ1) is 10.3. The standard InChI is InChI=1S/C16H12N2O3/c17-9-13(11-4-2-1-3-5-11)18-16(19)12-6-7-14-15(8-12)21-10-20-14/h1-8,13H,10H2,(H,18,19). The van der Waals surface area contributed by atoms with Gasteiger partial charge in [0.2, 0.25) is 6.79 Å². The third kappa shape index (κ3) is 2.65. The largest absolute Gasteiger partial charge is 0.454 e. The summed E-state index contributed by atoms with van der Waals surface area (Å²) in [4.78, 5) is 12.2. The lowest BCUT2D eigenvalue weighted by Gasteiger charge is -2.12. The number of hydrogen-bond donors (Lipinski definition) is 1. The minimum atomic E-state index is -0.691. The highest BCUT2D eigenvalue weighted by molar-refractivity contribution is 5.95. The molecular formula is C16H12N2O3. The molecule has 0 spiro atoms. The van der Waals surface area contributed by atoms with Gasteiger partial charge in [0.1, 0.15) is 6.04 Å². The van der Waals surface area contributed by atoms with Crippen LogP contribution in [0.25, 0.3) is 0 Å². The van der Waals surface area contributed by atoms with Crippen molar-refractivity contribution < 1.29 is 14.3 Å². The fourth-order valence-corrected chi connectivity index (χ4v) is 2.09. The predicted molar refractivity (Wildman–Crippen MR) is 74.8 cm³/mol. The van der Waals surface area contributed by atoms with E-state index in [0.29, 0.717) is 17.1 Å². The first kappa shape index (κ1) is 13.0. The van der Waals surface area contributed by atoms with Crippen LogP contribution in [0.5, 0.6) is 11.5 Å². The third-order valence-electron chi connectivity index (χ3n) is 3.17. The van der Waals surface area contributed by atoms with Crippen LogP contribution in [-0.4, -0.2) is 12.7 Å². The zero-order valence-electron chi connectivity index (χ0n) is 11.1. The Kier molecular flexibility index (Phi) is 3.44. The van der Waals surface area contributed by atoms with Crippen LogP contribution in [0.3, 0.4) is 0 Å². The number of fused-ring (bicyclic) bond motifs is 1. The van der Waals surface area contributed by atoms with Crippen LogP contribution in [0.1, 0.15) is 22.0 Å². The van der Waals surface area contributed by atoms with E-state index in [2.05, 4.69) is 11.4 Å². The average molecular weight is 280 g/mol. The molecule has 5 heteroatoms. The molecule has 21 heavy (non-hydrogen) atoms. The van der Waals surface area contributed by atoms with Crippen molar-refractivity contribution in [1.82, 2.24) is 5.32 Å². The average Bonchev–Trinajstić information content (AvgIpc) is 3.00. The van der Waals surface area contributed by atoms with E-state index in [-0.39, 0.29) is 12.7 Å². The number of nitrogens with one attached hydrogen (secondary N) is 1. The summed E-state index contributed by atoms with van der Waals surface area (Å²) < 4.78 is 10.4. The van der Waals surface area contributed by atoms with Gasteiger partial charge in [0, 0.05) is 5.56 Å². The number of carbonyl (C=O) groups excluding carboxylic acids is 1. The number of ether oxygens (including phenoxy) is 2. The molecule has 1 atom stereocenters. The molecule has 0 fully saturated rings. The van der Waals surface area contributed by atoms with E-state index in [1.54, 1.807) is 30.3 Å². The molecule has 0 radical (unpaired) electrons. The van der Waals surface area contributed by atoms with Crippen LogP contribution < -0.4 is 14.8 Å². The molecule has 0 aromatic heterocycles. The molecular weight excluding hydrogens is 268 g/mol. The number of nitriles is 1. The van der Waals surface area contributed by atoms with E-state index in [0.717, 1.165) is 5.56 Å². The van der Waals surface area contributed by atoms with Gasteiger partial charge in [-0.05, 0) is 23.8 Å². The van der Waals surface area contributed by atoms with Gasteiger partial charge in [0.15, 0.2) is 11.5 Å². The minimum absolute atomic E-state index is 0.158. The van der Waals surface area contributed by atoms with Crippen molar-refractivity contribution in [3.05, 3.63) is 59.7 Å². The Labute approximate surface area is 121 Å². The van der Waals surface area contributed by atoms with Gasteiger partial charge in [0.25, 0.3) is 5.91 Å². The Hall–Kier alpha value is -3.00. The van der Waals surface area contributed by atoms with Crippen molar-refractivity contribution in [2.45, 2.75) is 6.04 Å². The van der Waals surface area contributed by atoms with Gasteiger partial charge in [-0.3, -0.25) is 4.79 Å². The summed E-state index contributed by atoms with van der Waals surface area (Å²) in [5.41, 5.74) is 1.17. The SMILES string of the molecule is N#CC(NC(=O)c1ccc2c(c1)OCO2)c1ccccc1. The molecule has 1 N–H and O–H groups in total. The Bertz CT molecular complexity index is 707. The number of carbonyl (C=O) groups is 1. The predicted octanol–water partition coefficient (Wildman–Crippen LogP) is 2.41. The molecule has 1 unspecified atom stereocenters. The Morgan fingerprint density at radius 2 is 1.90 bits per heavy atom. The third-order valence-corrected chi connectivity index (χ3v) is 3.17. The summed E-state index contributed by atoms with van der Waals surface area (Å²) in [5, 5.41) is 11.9. The Morgan fingerprint density at radius 1 is 1.14 bits per heavy atom. The zero-order chi connectivity index (χ0) is 14.7. The molecule has 1 amide bonds. The fourth-order valence-electron chi connectivity index (χ4n) is 2.09. The quantitative estimate of drug-likeness (QED) is 0.937. The number of nitrogens with zero attached hydrogens (tertiary/aromatic N) is 1. The lowest BCUT2D eigenvalue weighted by molar-refractivity contribution is 0.0944. The minimum Gasteiger partial charge on any atom is -0.454 e. The van der Waals surface area contributed by atoms with Crippen molar-refractivity contribution in [2.75, 3.05) is 6.79 Å². The maximum Gasteiger partial charge on any atom is 0.252 e. The first-order valence-corrected chi connectivity index (χ1v) is 6.43. The number of benzene rings is 2. The summed E-state index contributed by atoms with van der Waals surface area (Å²) in [6, 6.07) is 15.4. The van der Waals surface area contributed by atoms with Crippen molar-refractivity contribution in [3.63, 3.8) is 0 Å². The smallest absolute Gasteiger partial charge is 0.252 e. The number of hydrogen-bond acceptors (Lipinski definition) is 4. The molecule has 1 aliphatic rings. The number of rotatable bonds is 3. The maximum absolute atomic E-state index is 12.2. The Balaban J connectivity index is 1.78. The number of amides is 1. The van der Waals surface area contributed by atoms with Crippen LogP contribution in [0.15, 0.2) is 48.5 Å². The van der Waals surface area contributed by atoms with Crippen LogP contribution in [0.2, 0.25) is 0 Å². The fraction of sp³-hybridized carbons (Fsp3) is 0.125. The van der Waals surface area contributed by atoms with Gasteiger partial charge in [0.05, 0.1) is 6.07 Å². The summed E-state index contributed by atoms with van der Waals surface area (Å²) in [5.74, 6) is 0.825. The van der Waals surface area contributed by atoms with Gasteiger partial charge in [-0.15, -0.1) is 0 Å². The van der Waals surface area contributed by atoms with Crippen molar-refractivity contribution >= 4 is 5.91 Å². The second kappa shape index (κ2) is 5.55. The van der Waals surface area contributed by atoms with Gasteiger partial charge in [-0.25, -0.2) is 0 Å². The molecule has 0 aliphatic carbocycles. The molecule has 1 heterocycles. The second-order valence-electron chi connectivity index (χ2n) is 4.51. The monoisotopic (exact) mass is 280 g/mol. The molecule has 1 aliphatic heterocycles. The van der Waals surface area contributed by atoms with E-state index in [4.69, 9.17) is 9.47 Å². The molecule has 0 saturated carbocycles. The molecule has 2 aromatic carbocycles. The normalized spacial score (nSPS) is 13.3. The molecule has 0 bridgehead atoms. The first-order valence-electron chi connectivity index (χ1n) is 6.43. The zero-order valence-corrected chi connectivity index (χ0v) is 11.1. The molecule has 3 rings (SSSR count). The lowest BCUT2D eigenvalue weighted by atomic mass is 10.1. The van der Waals surface area contributed by atoms with Crippen LogP contribution in [-0.2, 0) is 0 Å². The maximum atomic E-state index is 12.2. The molecule has 0 saturated heterocycles. The summed E-state index contributed by atoms with van der Waals surface area (Å²) in [6.07, 6.45) is 0. The highest BCUT2D eigenvalue weighted by Gasteiger charge is 2.19. The topological polar surface area (TPSA) is 71.4 Å². The van der Waals surface area contributed by atoms with Crippen LogP contribution >= 0.6 is 0 Å². The molecule has 5 nitrogen and oxygen atoms in total. The van der Waals surface area contributed by atoms with E-state index in [1.165, 1.54) is 0 Å². The van der Waals surface area contributed by atoms with Gasteiger partial charge in [-0.2, -0.15) is 5.26 Å². The summed E-state index contributed by atoms with van der Waals surface area (Å²) in [7, 11) is 0. The summed E-state index contributed by atoms with van der Waals surface area (Å²) in [6.45, 7) is 0.158. The van der Waals surface area contributed by atoms with E-state index >= 15 is 0 Å². The van der Waals surface area contributed by atoms with E-state index in [1.807, 2.05) is 18.2 Å².